The van der Waals surface area contributed by atoms with Gasteiger partial charge in [-0.05, 0) is 36.8 Å². The van der Waals surface area contributed by atoms with Gasteiger partial charge in [0.2, 0.25) is 0 Å². The molecule has 1 aromatic heterocycles. The highest BCUT2D eigenvalue weighted by molar-refractivity contribution is 5.94. The molecule has 0 fully saturated rings. The van der Waals surface area contributed by atoms with Crippen LogP contribution in [-0.2, 0) is 0 Å². The lowest BCUT2D eigenvalue weighted by atomic mass is 10.1. The molecule has 3 heteroatoms. The van der Waals surface area contributed by atoms with Crippen LogP contribution in [0.15, 0.2) is 41.2 Å². The van der Waals surface area contributed by atoms with Crippen molar-refractivity contribution in [3.8, 4) is 5.75 Å². The molecular formula is C15H13NO2. The Morgan fingerprint density at radius 3 is 2.72 bits per heavy atom. The van der Waals surface area contributed by atoms with Crippen molar-refractivity contribution < 1.29 is 4.74 Å². The van der Waals surface area contributed by atoms with Gasteiger partial charge < -0.3 is 9.72 Å². The first-order valence-electron chi connectivity index (χ1n) is 5.80. The van der Waals surface area contributed by atoms with Crippen molar-refractivity contribution in [1.29, 1.82) is 0 Å². The molecule has 0 aliphatic rings. The molecule has 0 amide bonds. The number of ether oxygens (including phenoxy) is 1. The van der Waals surface area contributed by atoms with Crippen LogP contribution in [0.25, 0.3) is 21.8 Å². The standard InChI is InChI=1S/C15H13NO2/c1-9-4-3-5-11-14(9)16-13-7-6-10(18-2)8-12(13)15(11)17/h3-8H,1-2H3,(H,16,17). The van der Waals surface area contributed by atoms with Gasteiger partial charge in [0.15, 0.2) is 5.43 Å². The van der Waals surface area contributed by atoms with Crippen LogP contribution in [0, 0.1) is 6.92 Å². The van der Waals surface area contributed by atoms with Gasteiger partial charge in [-0.2, -0.15) is 0 Å². The Morgan fingerprint density at radius 1 is 1.11 bits per heavy atom. The molecule has 3 rings (SSSR count). The number of hydrogen-bond acceptors (Lipinski definition) is 2. The first kappa shape index (κ1) is 10.8. The number of benzene rings is 2. The normalized spacial score (nSPS) is 11.0. The van der Waals surface area contributed by atoms with Crippen LogP contribution >= 0.6 is 0 Å². The summed E-state index contributed by atoms with van der Waals surface area (Å²) in [4.78, 5) is 15.7. The van der Waals surface area contributed by atoms with Crippen LogP contribution in [-0.4, -0.2) is 12.1 Å². The Bertz CT molecular complexity index is 803. The highest BCUT2D eigenvalue weighted by Gasteiger charge is 2.07. The summed E-state index contributed by atoms with van der Waals surface area (Å²) in [7, 11) is 1.60. The number of nitrogens with one attached hydrogen (secondary N) is 1. The fourth-order valence-electron chi connectivity index (χ4n) is 2.25. The molecule has 0 saturated heterocycles. The van der Waals surface area contributed by atoms with Gasteiger partial charge in [0.05, 0.1) is 18.1 Å². The van der Waals surface area contributed by atoms with Gasteiger partial charge in [-0.1, -0.05) is 12.1 Å². The average Bonchev–Trinajstić information content (AvgIpc) is 2.40. The van der Waals surface area contributed by atoms with E-state index < -0.39 is 0 Å². The molecular weight excluding hydrogens is 226 g/mol. The summed E-state index contributed by atoms with van der Waals surface area (Å²) in [6.45, 7) is 1.99. The number of fused-ring (bicyclic) bond motifs is 2. The van der Waals surface area contributed by atoms with Gasteiger partial charge in [0.1, 0.15) is 5.75 Å². The van der Waals surface area contributed by atoms with Gasteiger partial charge in [0, 0.05) is 10.8 Å². The molecule has 0 saturated carbocycles. The van der Waals surface area contributed by atoms with Crippen molar-refractivity contribution >= 4 is 21.8 Å². The molecule has 0 spiro atoms. The number of hydrogen-bond donors (Lipinski definition) is 1. The lowest BCUT2D eigenvalue weighted by Crippen LogP contribution is -2.05. The number of rotatable bonds is 1. The van der Waals surface area contributed by atoms with Crippen LogP contribution in [0.2, 0.25) is 0 Å². The molecule has 0 radical (unpaired) electrons. The number of aryl methyl sites for hydroxylation is 1. The fourth-order valence-corrected chi connectivity index (χ4v) is 2.25. The van der Waals surface area contributed by atoms with Crippen LogP contribution in [0.5, 0.6) is 5.75 Å². The molecule has 0 aliphatic heterocycles. The van der Waals surface area contributed by atoms with Crippen LogP contribution in [0.3, 0.4) is 0 Å². The number of pyridine rings is 1. The van der Waals surface area contributed by atoms with Crippen molar-refractivity contribution in [1.82, 2.24) is 4.98 Å². The maximum absolute atomic E-state index is 12.4. The Morgan fingerprint density at radius 2 is 1.94 bits per heavy atom. The smallest absolute Gasteiger partial charge is 0.197 e. The van der Waals surface area contributed by atoms with E-state index in [9.17, 15) is 4.79 Å². The zero-order chi connectivity index (χ0) is 12.7. The maximum Gasteiger partial charge on any atom is 0.197 e. The molecule has 0 unspecified atom stereocenters. The molecule has 0 aliphatic carbocycles. The molecule has 1 N–H and O–H groups in total. The summed E-state index contributed by atoms with van der Waals surface area (Å²) >= 11 is 0. The summed E-state index contributed by atoms with van der Waals surface area (Å²) in [5.41, 5.74) is 2.85. The van der Waals surface area contributed by atoms with Gasteiger partial charge >= 0.3 is 0 Å². The van der Waals surface area contributed by atoms with E-state index in [2.05, 4.69) is 4.98 Å². The largest absolute Gasteiger partial charge is 0.497 e. The summed E-state index contributed by atoms with van der Waals surface area (Å²) in [6.07, 6.45) is 0. The first-order valence-corrected chi connectivity index (χ1v) is 5.80. The molecule has 3 nitrogen and oxygen atoms in total. The third-order valence-electron chi connectivity index (χ3n) is 3.25. The minimum absolute atomic E-state index is 0.0429. The second-order valence-corrected chi connectivity index (χ2v) is 4.36. The second-order valence-electron chi connectivity index (χ2n) is 4.36. The van der Waals surface area contributed by atoms with E-state index in [1.54, 1.807) is 13.2 Å². The fraction of sp³-hybridized carbons (Fsp3) is 0.133. The summed E-state index contributed by atoms with van der Waals surface area (Å²) in [5, 5.41) is 1.38. The predicted molar refractivity (Wildman–Crippen MR) is 73.4 cm³/mol. The molecule has 1 heterocycles. The number of aromatic nitrogens is 1. The lowest BCUT2D eigenvalue weighted by molar-refractivity contribution is 0.415. The minimum Gasteiger partial charge on any atom is -0.497 e. The predicted octanol–water partition coefficient (Wildman–Crippen LogP) is 3.00. The topological polar surface area (TPSA) is 42.1 Å². The average molecular weight is 239 g/mol. The number of methoxy groups -OCH3 is 1. The second kappa shape index (κ2) is 3.88. The van der Waals surface area contributed by atoms with Crippen molar-refractivity contribution in [3.05, 3.63) is 52.2 Å². The summed E-state index contributed by atoms with van der Waals surface area (Å²) < 4.78 is 5.16. The van der Waals surface area contributed by atoms with Gasteiger partial charge in [-0.3, -0.25) is 4.79 Å². The third kappa shape index (κ3) is 1.48. The molecule has 2 aromatic carbocycles. The zero-order valence-electron chi connectivity index (χ0n) is 10.3. The van der Waals surface area contributed by atoms with E-state index in [-0.39, 0.29) is 5.43 Å². The van der Waals surface area contributed by atoms with Crippen molar-refractivity contribution in [2.24, 2.45) is 0 Å². The van der Waals surface area contributed by atoms with Crippen molar-refractivity contribution in [3.63, 3.8) is 0 Å². The van der Waals surface area contributed by atoms with E-state index in [1.807, 2.05) is 37.3 Å². The highest BCUT2D eigenvalue weighted by atomic mass is 16.5. The van der Waals surface area contributed by atoms with Crippen LogP contribution in [0.4, 0.5) is 0 Å². The van der Waals surface area contributed by atoms with E-state index in [0.29, 0.717) is 11.1 Å². The molecule has 0 atom stereocenters. The first-order chi connectivity index (χ1) is 8.70. The van der Waals surface area contributed by atoms with Gasteiger partial charge in [0.25, 0.3) is 0 Å². The monoisotopic (exact) mass is 239 g/mol. The van der Waals surface area contributed by atoms with Crippen molar-refractivity contribution in [2.75, 3.05) is 7.11 Å². The van der Waals surface area contributed by atoms with Crippen LogP contribution < -0.4 is 10.2 Å². The highest BCUT2D eigenvalue weighted by Crippen LogP contribution is 2.21. The molecule has 18 heavy (non-hydrogen) atoms. The lowest BCUT2D eigenvalue weighted by Gasteiger charge is -2.06. The Hall–Kier alpha value is -2.29. The minimum atomic E-state index is 0.0429. The van der Waals surface area contributed by atoms with E-state index in [1.165, 1.54) is 0 Å². The third-order valence-corrected chi connectivity index (χ3v) is 3.25. The van der Waals surface area contributed by atoms with E-state index >= 15 is 0 Å². The van der Waals surface area contributed by atoms with E-state index in [0.717, 1.165) is 22.0 Å². The maximum atomic E-state index is 12.4. The summed E-state index contributed by atoms with van der Waals surface area (Å²) in [6, 6.07) is 11.2. The summed E-state index contributed by atoms with van der Waals surface area (Å²) in [5.74, 6) is 0.694. The van der Waals surface area contributed by atoms with Crippen LogP contribution in [0.1, 0.15) is 5.56 Å². The Labute approximate surface area is 104 Å². The quantitative estimate of drug-likeness (QED) is 0.663. The Kier molecular flexibility index (Phi) is 2.33. The Balaban J connectivity index is 2.53. The van der Waals surface area contributed by atoms with Crippen molar-refractivity contribution in [2.45, 2.75) is 6.92 Å². The molecule has 3 aromatic rings. The molecule has 90 valence electrons. The number of H-pyrrole nitrogens is 1. The number of para-hydroxylation sites is 1. The SMILES string of the molecule is COc1ccc2[nH]c3c(C)cccc3c(=O)c2c1. The molecule has 0 bridgehead atoms. The van der Waals surface area contributed by atoms with Gasteiger partial charge in [-0.15, -0.1) is 0 Å². The van der Waals surface area contributed by atoms with E-state index in [4.69, 9.17) is 4.74 Å². The number of aromatic amines is 1. The zero-order valence-corrected chi connectivity index (χ0v) is 10.3. The van der Waals surface area contributed by atoms with Gasteiger partial charge in [-0.25, -0.2) is 0 Å².